The quantitative estimate of drug-likeness (QED) is 0.744. The maximum Gasteiger partial charge on any atom is 0.279 e. The second-order valence-corrected chi connectivity index (χ2v) is 6.95. The van der Waals surface area contributed by atoms with Crippen LogP contribution in [0.1, 0.15) is 39.7 Å². The molecule has 7 heteroatoms. The van der Waals surface area contributed by atoms with Crippen molar-refractivity contribution < 1.29 is 4.79 Å². The standard InChI is InChI=1S/C20H23N5O2/c1-4-24-17-7-8-21-10-15(17)20(27)25-19(24)16(11-22-25)18(26)23-14-6-5-12(2)13(3)9-14/h5-6,9,11,21H,4,7-8,10H2,1-3H3,(H,23,26). The van der Waals surface area contributed by atoms with Crippen LogP contribution < -0.4 is 16.2 Å². The average molecular weight is 365 g/mol. The van der Waals surface area contributed by atoms with Gasteiger partial charge in [-0.3, -0.25) is 9.59 Å². The summed E-state index contributed by atoms with van der Waals surface area (Å²) in [5, 5.41) is 10.4. The summed E-state index contributed by atoms with van der Waals surface area (Å²) in [7, 11) is 0. The second-order valence-electron chi connectivity index (χ2n) is 6.95. The molecular formula is C20H23N5O2. The fourth-order valence-electron chi connectivity index (χ4n) is 3.69. The molecule has 1 aliphatic rings. The number of benzene rings is 1. The van der Waals surface area contributed by atoms with Crippen molar-refractivity contribution in [2.45, 2.75) is 40.3 Å². The van der Waals surface area contributed by atoms with E-state index in [9.17, 15) is 9.59 Å². The first-order chi connectivity index (χ1) is 13.0. The number of hydrogen-bond acceptors (Lipinski definition) is 4. The van der Waals surface area contributed by atoms with Crippen molar-refractivity contribution in [2.75, 3.05) is 11.9 Å². The number of anilines is 1. The number of nitrogens with zero attached hydrogens (tertiary/aromatic N) is 3. The summed E-state index contributed by atoms with van der Waals surface area (Å²) in [6.45, 7) is 8.08. The first-order valence-electron chi connectivity index (χ1n) is 9.23. The van der Waals surface area contributed by atoms with Gasteiger partial charge in [0, 0.05) is 37.4 Å². The molecule has 0 aliphatic carbocycles. The number of fused-ring (bicyclic) bond motifs is 2. The van der Waals surface area contributed by atoms with Gasteiger partial charge in [-0.05, 0) is 44.0 Å². The number of rotatable bonds is 3. The molecule has 3 aromatic rings. The minimum absolute atomic E-state index is 0.151. The first kappa shape index (κ1) is 17.5. The third-order valence-corrected chi connectivity index (χ3v) is 5.29. The molecule has 2 aromatic heterocycles. The summed E-state index contributed by atoms with van der Waals surface area (Å²) in [5.41, 5.74) is 5.56. The van der Waals surface area contributed by atoms with Gasteiger partial charge >= 0.3 is 0 Å². The fraction of sp³-hybridized carbons (Fsp3) is 0.350. The summed E-state index contributed by atoms with van der Waals surface area (Å²) < 4.78 is 3.39. The smallest absolute Gasteiger partial charge is 0.279 e. The monoisotopic (exact) mass is 365 g/mol. The van der Waals surface area contributed by atoms with Crippen molar-refractivity contribution in [3.05, 3.63) is 62.7 Å². The zero-order valence-corrected chi connectivity index (χ0v) is 15.8. The molecule has 1 aliphatic heterocycles. The number of nitrogens with one attached hydrogen (secondary N) is 2. The third kappa shape index (κ3) is 2.84. The van der Waals surface area contributed by atoms with Gasteiger partial charge in [0.2, 0.25) is 0 Å². The van der Waals surface area contributed by atoms with Crippen molar-refractivity contribution in [2.24, 2.45) is 0 Å². The average Bonchev–Trinajstić information content (AvgIpc) is 3.11. The molecule has 3 heterocycles. The van der Waals surface area contributed by atoms with Crippen LogP contribution in [0.3, 0.4) is 0 Å². The highest BCUT2D eigenvalue weighted by Crippen LogP contribution is 2.20. The SMILES string of the molecule is CCn1c2c(c(=O)n3ncc(C(=O)Nc4ccc(C)c(C)c4)c13)CNCC2. The summed E-state index contributed by atoms with van der Waals surface area (Å²) in [4.78, 5) is 25.8. The predicted octanol–water partition coefficient (Wildman–Crippen LogP) is 2.03. The van der Waals surface area contributed by atoms with Crippen molar-refractivity contribution >= 4 is 17.2 Å². The lowest BCUT2D eigenvalue weighted by atomic mass is 10.1. The van der Waals surface area contributed by atoms with Crippen molar-refractivity contribution in [3.63, 3.8) is 0 Å². The maximum absolute atomic E-state index is 12.9. The summed E-state index contributed by atoms with van der Waals surface area (Å²) >= 11 is 0. The Bertz CT molecular complexity index is 1110. The second kappa shape index (κ2) is 6.66. The molecule has 7 nitrogen and oxygen atoms in total. The summed E-state index contributed by atoms with van der Waals surface area (Å²) in [6, 6.07) is 5.80. The molecule has 0 radical (unpaired) electrons. The van der Waals surface area contributed by atoms with Crippen LogP contribution in [-0.2, 0) is 19.5 Å². The van der Waals surface area contributed by atoms with Crippen LogP contribution >= 0.6 is 0 Å². The van der Waals surface area contributed by atoms with Crippen LogP contribution in [0.5, 0.6) is 0 Å². The van der Waals surface area contributed by atoms with E-state index in [-0.39, 0.29) is 11.5 Å². The Kier molecular flexibility index (Phi) is 4.31. The van der Waals surface area contributed by atoms with Crippen LogP contribution in [0.25, 0.3) is 5.65 Å². The Morgan fingerprint density at radius 2 is 2.11 bits per heavy atom. The summed E-state index contributed by atoms with van der Waals surface area (Å²) in [5.74, 6) is -0.260. The number of carbonyl (C=O) groups excluding carboxylic acids is 1. The lowest BCUT2D eigenvalue weighted by Gasteiger charge is -2.22. The van der Waals surface area contributed by atoms with E-state index in [4.69, 9.17) is 0 Å². The van der Waals surface area contributed by atoms with E-state index in [1.54, 1.807) is 0 Å². The van der Waals surface area contributed by atoms with Gasteiger partial charge in [0.1, 0.15) is 5.56 Å². The third-order valence-electron chi connectivity index (χ3n) is 5.29. The molecular weight excluding hydrogens is 342 g/mol. The highest BCUT2D eigenvalue weighted by atomic mass is 16.2. The zero-order valence-electron chi connectivity index (χ0n) is 15.8. The van der Waals surface area contributed by atoms with E-state index in [1.165, 1.54) is 16.3 Å². The number of aromatic nitrogens is 3. The van der Waals surface area contributed by atoms with E-state index < -0.39 is 0 Å². The van der Waals surface area contributed by atoms with Crippen LogP contribution in [-0.4, -0.2) is 26.6 Å². The van der Waals surface area contributed by atoms with Gasteiger partial charge in [0.05, 0.1) is 11.8 Å². The minimum atomic E-state index is -0.260. The molecule has 0 saturated heterocycles. The van der Waals surface area contributed by atoms with Crippen LogP contribution in [0.2, 0.25) is 0 Å². The summed E-state index contributed by atoms with van der Waals surface area (Å²) in [6.07, 6.45) is 2.25. The van der Waals surface area contributed by atoms with Crippen molar-refractivity contribution in [1.82, 2.24) is 19.5 Å². The van der Waals surface area contributed by atoms with Crippen LogP contribution in [0.4, 0.5) is 5.69 Å². The molecule has 0 bridgehead atoms. The van der Waals surface area contributed by atoms with Gasteiger partial charge in [0.25, 0.3) is 11.5 Å². The zero-order chi connectivity index (χ0) is 19.1. The topological polar surface area (TPSA) is 80.4 Å². The van der Waals surface area contributed by atoms with Crippen molar-refractivity contribution in [1.29, 1.82) is 0 Å². The Balaban J connectivity index is 1.82. The number of aryl methyl sites for hydroxylation is 3. The molecule has 1 aromatic carbocycles. The maximum atomic E-state index is 12.9. The highest BCUT2D eigenvalue weighted by molar-refractivity contribution is 6.08. The Hall–Kier alpha value is -2.93. The van der Waals surface area contributed by atoms with E-state index >= 15 is 0 Å². The Morgan fingerprint density at radius 1 is 1.30 bits per heavy atom. The largest absolute Gasteiger partial charge is 0.329 e. The lowest BCUT2D eigenvalue weighted by Crippen LogP contribution is -2.36. The van der Waals surface area contributed by atoms with Crippen LogP contribution in [0, 0.1) is 13.8 Å². The highest BCUT2D eigenvalue weighted by Gasteiger charge is 2.24. The van der Waals surface area contributed by atoms with E-state index in [1.807, 2.05) is 43.5 Å². The first-order valence-corrected chi connectivity index (χ1v) is 9.23. The number of amides is 1. The Morgan fingerprint density at radius 3 is 2.85 bits per heavy atom. The minimum Gasteiger partial charge on any atom is -0.329 e. The predicted molar refractivity (Wildman–Crippen MR) is 104 cm³/mol. The van der Waals surface area contributed by atoms with Crippen LogP contribution in [0.15, 0.2) is 29.2 Å². The van der Waals surface area contributed by atoms with E-state index in [0.717, 1.165) is 35.5 Å². The molecule has 27 heavy (non-hydrogen) atoms. The van der Waals surface area contributed by atoms with Crippen molar-refractivity contribution in [3.8, 4) is 0 Å². The lowest BCUT2D eigenvalue weighted by molar-refractivity contribution is 0.102. The van der Waals surface area contributed by atoms with E-state index in [0.29, 0.717) is 24.3 Å². The molecule has 0 spiro atoms. The molecule has 2 N–H and O–H groups in total. The molecule has 4 rings (SSSR count). The van der Waals surface area contributed by atoms with Gasteiger partial charge in [-0.1, -0.05) is 6.07 Å². The van der Waals surface area contributed by atoms with E-state index in [2.05, 4.69) is 15.7 Å². The fourth-order valence-corrected chi connectivity index (χ4v) is 3.69. The van der Waals surface area contributed by atoms with Gasteiger partial charge in [-0.2, -0.15) is 9.61 Å². The Labute approximate surface area is 157 Å². The number of hydrogen-bond donors (Lipinski definition) is 2. The molecule has 0 unspecified atom stereocenters. The normalized spacial score (nSPS) is 13.6. The molecule has 1 amide bonds. The van der Waals surface area contributed by atoms with Gasteiger partial charge in [-0.25, -0.2) is 0 Å². The molecule has 140 valence electrons. The molecule has 0 atom stereocenters. The van der Waals surface area contributed by atoms with Gasteiger partial charge in [-0.15, -0.1) is 0 Å². The number of carbonyl (C=O) groups is 1. The van der Waals surface area contributed by atoms with Gasteiger partial charge < -0.3 is 15.2 Å². The molecule has 0 fully saturated rings. The van der Waals surface area contributed by atoms with Gasteiger partial charge in [0.15, 0.2) is 5.65 Å². The molecule has 0 saturated carbocycles.